The van der Waals surface area contributed by atoms with Crippen molar-refractivity contribution in [3.05, 3.63) is 42.3 Å². The zero-order valence-corrected chi connectivity index (χ0v) is 21.3. The van der Waals surface area contributed by atoms with E-state index < -0.39 is 5.60 Å². The maximum Gasteiger partial charge on any atom is 0.410 e. The molecule has 0 aliphatic rings. The van der Waals surface area contributed by atoms with Crippen molar-refractivity contribution in [1.82, 2.24) is 20.5 Å². The maximum atomic E-state index is 12.3. The average molecular weight is 543 g/mol. The molecule has 0 unspecified atom stereocenters. The molecule has 0 aliphatic heterocycles. The standard InChI is InChI=1S/C22H33N5O3.HI/c1-6-13-27(21(28)30-22(2,3)4)14-12-24-20(23-5)25-15-18-16-29-19(26-18)17-10-8-7-9-11-17;/h7-11,16H,6,12-15H2,1-5H3,(H2,23,24,25);1H. The quantitative estimate of drug-likeness (QED) is 0.294. The summed E-state index contributed by atoms with van der Waals surface area (Å²) in [6, 6.07) is 9.76. The summed E-state index contributed by atoms with van der Waals surface area (Å²) in [5, 5.41) is 6.42. The Bertz CT molecular complexity index is 818. The molecule has 0 aliphatic carbocycles. The van der Waals surface area contributed by atoms with Crippen molar-refractivity contribution < 1.29 is 13.9 Å². The van der Waals surface area contributed by atoms with Crippen molar-refractivity contribution >= 4 is 36.0 Å². The fourth-order valence-corrected chi connectivity index (χ4v) is 2.70. The molecule has 1 heterocycles. The number of hydrogen-bond acceptors (Lipinski definition) is 5. The normalized spacial score (nSPS) is 11.5. The zero-order chi connectivity index (χ0) is 22.0. The van der Waals surface area contributed by atoms with E-state index in [1.54, 1.807) is 18.2 Å². The van der Waals surface area contributed by atoms with Crippen LogP contribution in [0.3, 0.4) is 0 Å². The second-order valence-electron chi connectivity index (χ2n) is 7.83. The molecule has 0 atom stereocenters. The monoisotopic (exact) mass is 543 g/mol. The van der Waals surface area contributed by atoms with Crippen LogP contribution in [-0.2, 0) is 11.3 Å². The minimum Gasteiger partial charge on any atom is -0.444 e. The summed E-state index contributed by atoms with van der Waals surface area (Å²) in [6.07, 6.45) is 2.20. The van der Waals surface area contributed by atoms with Gasteiger partial charge in [-0.1, -0.05) is 25.1 Å². The number of benzene rings is 1. The fourth-order valence-electron chi connectivity index (χ4n) is 2.70. The van der Waals surface area contributed by atoms with Gasteiger partial charge in [0.05, 0.1) is 12.2 Å². The first-order valence-electron chi connectivity index (χ1n) is 10.2. The molecule has 0 fully saturated rings. The Kier molecular flexibility index (Phi) is 11.4. The second kappa shape index (κ2) is 13.2. The SMILES string of the molecule is CCCN(CCNC(=NC)NCc1coc(-c2ccccc2)n1)C(=O)OC(C)(C)C.I. The van der Waals surface area contributed by atoms with Crippen LogP contribution in [0.2, 0.25) is 0 Å². The third-order valence-corrected chi connectivity index (χ3v) is 4.05. The summed E-state index contributed by atoms with van der Waals surface area (Å²) in [4.78, 5) is 22.8. The van der Waals surface area contributed by atoms with Crippen LogP contribution in [0, 0.1) is 0 Å². The number of hydrogen-bond donors (Lipinski definition) is 2. The van der Waals surface area contributed by atoms with E-state index in [2.05, 4.69) is 20.6 Å². The van der Waals surface area contributed by atoms with Crippen LogP contribution in [0.4, 0.5) is 4.79 Å². The zero-order valence-electron chi connectivity index (χ0n) is 19.0. The van der Waals surface area contributed by atoms with Crippen molar-refractivity contribution in [2.45, 2.75) is 46.3 Å². The molecule has 1 aromatic carbocycles. The number of nitrogens with one attached hydrogen (secondary N) is 2. The lowest BCUT2D eigenvalue weighted by Crippen LogP contribution is -2.44. The van der Waals surface area contributed by atoms with Gasteiger partial charge in [-0.2, -0.15) is 0 Å². The lowest BCUT2D eigenvalue weighted by molar-refractivity contribution is 0.0253. The number of aliphatic imine (C=N–C) groups is 1. The molecule has 1 aromatic heterocycles. The third kappa shape index (κ3) is 9.58. The van der Waals surface area contributed by atoms with E-state index in [1.807, 2.05) is 58.0 Å². The molecule has 0 spiro atoms. The Hall–Kier alpha value is -2.30. The van der Waals surface area contributed by atoms with E-state index >= 15 is 0 Å². The van der Waals surface area contributed by atoms with Gasteiger partial charge in [-0.3, -0.25) is 4.99 Å². The van der Waals surface area contributed by atoms with Crippen LogP contribution >= 0.6 is 24.0 Å². The molecule has 9 heteroatoms. The number of rotatable bonds is 8. The van der Waals surface area contributed by atoms with Crippen LogP contribution in [0.1, 0.15) is 39.8 Å². The summed E-state index contributed by atoms with van der Waals surface area (Å²) in [5.41, 5.74) is 1.20. The Morgan fingerprint density at radius 2 is 1.90 bits per heavy atom. The summed E-state index contributed by atoms with van der Waals surface area (Å²) < 4.78 is 11.0. The van der Waals surface area contributed by atoms with Crippen molar-refractivity contribution in [1.29, 1.82) is 0 Å². The molecule has 8 nitrogen and oxygen atoms in total. The van der Waals surface area contributed by atoms with E-state index in [4.69, 9.17) is 9.15 Å². The number of halogens is 1. The third-order valence-electron chi connectivity index (χ3n) is 4.05. The van der Waals surface area contributed by atoms with Crippen LogP contribution in [0.5, 0.6) is 0 Å². The summed E-state index contributed by atoms with van der Waals surface area (Å²) >= 11 is 0. The lowest BCUT2D eigenvalue weighted by Gasteiger charge is -2.27. The first-order valence-corrected chi connectivity index (χ1v) is 10.2. The molecule has 2 rings (SSSR count). The smallest absolute Gasteiger partial charge is 0.410 e. The number of amides is 1. The van der Waals surface area contributed by atoms with E-state index in [-0.39, 0.29) is 30.1 Å². The number of ether oxygens (including phenoxy) is 1. The molecule has 31 heavy (non-hydrogen) atoms. The highest BCUT2D eigenvalue weighted by Gasteiger charge is 2.21. The highest BCUT2D eigenvalue weighted by molar-refractivity contribution is 14.0. The van der Waals surface area contributed by atoms with Gasteiger partial charge in [0.15, 0.2) is 5.96 Å². The highest BCUT2D eigenvalue weighted by atomic mass is 127. The molecule has 0 saturated heterocycles. The van der Waals surface area contributed by atoms with E-state index in [1.165, 1.54) is 0 Å². The van der Waals surface area contributed by atoms with Crippen molar-refractivity contribution in [2.75, 3.05) is 26.7 Å². The fraction of sp³-hybridized carbons (Fsp3) is 0.500. The number of guanidine groups is 1. The van der Waals surface area contributed by atoms with Crippen molar-refractivity contribution in [2.24, 2.45) is 4.99 Å². The predicted octanol–water partition coefficient (Wildman–Crippen LogP) is 4.27. The molecule has 2 N–H and O–H groups in total. The number of carbonyl (C=O) groups is 1. The number of carbonyl (C=O) groups excluding carboxylic acids is 1. The minimum atomic E-state index is -0.510. The van der Waals surface area contributed by atoms with Gasteiger partial charge in [0.1, 0.15) is 11.9 Å². The average Bonchev–Trinajstić information content (AvgIpc) is 3.18. The lowest BCUT2D eigenvalue weighted by atomic mass is 10.2. The van der Waals surface area contributed by atoms with Crippen LogP contribution in [-0.4, -0.2) is 54.2 Å². The van der Waals surface area contributed by atoms with Crippen molar-refractivity contribution in [3.63, 3.8) is 0 Å². The number of aromatic nitrogens is 1. The van der Waals surface area contributed by atoms with Crippen molar-refractivity contribution in [3.8, 4) is 11.5 Å². The second-order valence-corrected chi connectivity index (χ2v) is 7.83. The van der Waals surface area contributed by atoms with Gasteiger partial charge >= 0.3 is 6.09 Å². The van der Waals surface area contributed by atoms with Gasteiger partial charge in [-0.25, -0.2) is 9.78 Å². The Morgan fingerprint density at radius 1 is 1.19 bits per heavy atom. The van der Waals surface area contributed by atoms with Gasteiger partial charge in [0.2, 0.25) is 5.89 Å². The van der Waals surface area contributed by atoms with Gasteiger partial charge in [-0.15, -0.1) is 24.0 Å². The topological polar surface area (TPSA) is 92.0 Å². The predicted molar refractivity (Wildman–Crippen MR) is 134 cm³/mol. The first-order chi connectivity index (χ1) is 14.3. The van der Waals surface area contributed by atoms with Crippen LogP contribution < -0.4 is 10.6 Å². The van der Waals surface area contributed by atoms with Crippen LogP contribution in [0.15, 0.2) is 46.0 Å². The van der Waals surface area contributed by atoms with Crippen LogP contribution in [0.25, 0.3) is 11.5 Å². The number of nitrogens with zero attached hydrogens (tertiary/aromatic N) is 3. The van der Waals surface area contributed by atoms with Gasteiger partial charge in [0, 0.05) is 32.2 Å². The molecule has 2 aromatic rings. The highest BCUT2D eigenvalue weighted by Crippen LogP contribution is 2.17. The number of oxazole rings is 1. The maximum absolute atomic E-state index is 12.3. The van der Waals surface area contributed by atoms with E-state index in [0.29, 0.717) is 38.0 Å². The summed E-state index contributed by atoms with van der Waals surface area (Å²) in [7, 11) is 1.70. The molecule has 0 bridgehead atoms. The minimum absolute atomic E-state index is 0. The molecular weight excluding hydrogens is 509 g/mol. The van der Waals surface area contributed by atoms with Gasteiger partial charge < -0.3 is 24.7 Å². The Labute approximate surface area is 201 Å². The van der Waals surface area contributed by atoms with E-state index in [9.17, 15) is 4.79 Å². The van der Waals surface area contributed by atoms with E-state index in [0.717, 1.165) is 17.7 Å². The molecular formula is C22H34IN5O3. The summed E-state index contributed by atoms with van der Waals surface area (Å²) in [5.74, 6) is 1.21. The van der Waals surface area contributed by atoms with Gasteiger partial charge in [-0.05, 0) is 39.3 Å². The Morgan fingerprint density at radius 3 is 2.52 bits per heavy atom. The summed E-state index contributed by atoms with van der Waals surface area (Å²) in [6.45, 7) is 9.82. The largest absolute Gasteiger partial charge is 0.444 e. The molecule has 172 valence electrons. The molecule has 0 saturated carbocycles. The molecule has 0 radical (unpaired) electrons. The molecule has 1 amide bonds. The Balaban J connectivity index is 0.00000480. The van der Waals surface area contributed by atoms with Gasteiger partial charge in [0.25, 0.3) is 0 Å². The first kappa shape index (κ1) is 26.7.